The monoisotopic (exact) mass is 254 g/mol. The molecule has 0 amide bonds. The normalized spacial score (nSPS) is 22.5. The van der Waals surface area contributed by atoms with Crippen LogP contribution in [0.1, 0.15) is 55.2 Å². The summed E-state index contributed by atoms with van der Waals surface area (Å²) in [6.45, 7) is 7.90. The zero-order valence-electron chi connectivity index (χ0n) is 10.9. The molecule has 17 heavy (non-hydrogen) atoms. The van der Waals surface area contributed by atoms with Crippen LogP contribution in [0.2, 0.25) is 0 Å². The Hall–Kier alpha value is -0.450. The third-order valence-electron chi connectivity index (χ3n) is 3.27. The van der Waals surface area contributed by atoms with Crippen LogP contribution >= 0.6 is 11.3 Å². The van der Waals surface area contributed by atoms with Gasteiger partial charge in [0.15, 0.2) is 0 Å². The number of aromatic nitrogens is 1. The topological polar surface area (TPSA) is 45.2 Å². The second-order valence-corrected chi connectivity index (χ2v) is 6.74. The largest absolute Gasteiger partial charge is 0.389 e. The van der Waals surface area contributed by atoms with E-state index in [9.17, 15) is 5.11 Å². The molecule has 0 saturated heterocycles. The molecule has 96 valence electrons. The van der Waals surface area contributed by atoms with Crippen LogP contribution in [0.4, 0.5) is 0 Å². The maximum absolute atomic E-state index is 9.21. The lowest BCUT2D eigenvalue weighted by molar-refractivity contribution is 0.257. The molecule has 0 bridgehead atoms. The Morgan fingerprint density at radius 1 is 1.53 bits per heavy atom. The molecule has 3 nitrogen and oxygen atoms in total. The highest BCUT2D eigenvalue weighted by molar-refractivity contribution is 7.11. The molecule has 0 saturated carbocycles. The van der Waals surface area contributed by atoms with Crippen molar-refractivity contribution >= 4 is 11.3 Å². The molecule has 1 atom stereocenters. The van der Waals surface area contributed by atoms with Gasteiger partial charge in [0, 0.05) is 10.9 Å². The van der Waals surface area contributed by atoms with Crippen molar-refractivity contribution in [3.8, 4) is 0 Å². The predicted molar refractivity (Wildman–Crippen MR) is 71.2 cm³/mol. The van der Waals surface area contributed by atoms with Crippen LogP contribution in [0.5, 0.6) is 0 Å². The molecule has 1 aromatic rings. The van der Waals surface area contributed by atoms with Gasteiger partial charge in [-0.05, 0) is 31.2 Å². The predicted octanol–water partition coefficient (Wildman–Crippen LogP) is 2.65. The number of hydrogen-bond donors (Lipinski definition) is 2. The van der Waals surface area contributed by atoms with E-state index in [1.165, 1.54) is 10.6 Å². The van der Waals surface area contributed by atoms with E-state index in [0.29, 0.717) is 11.5 Å². The van der Waals surface area contributed by atoms with Crippen molar-refractivity contribution < 1.29 is 5.11 Å². The van der Waals surface area contributed by atoms with Crippen molar-refractivity contribution in [2.24, 2.45) is 5.41 Å². The molecular weight excluding hydrogens is 232 g/mol. The SMILES string of the molecule is CCCNC1CC(C)(C)Cc2nc(CO)sc21. The lowest BCUT2D eigenvalue weighted by atomic mass is 9.76. The molecule has 1 aliphatic rings. The highest BCUT2D eigenvalue weighted by Gasteiger charge is 2.34. The second-order valence-electron chi connectivity index (χ2n) is 5.63. The smallest absolute Gasteiger partial charge is 0.119 e. The molecule has 0 radical (unpaired) electrons. The van der Waals surface area contributed by atoms with E-state index < -0.39 is 0 Å². The maximum atomic E-state index is 9.21. The average Bonchev–Trinajstić information content (AvgIpc) is 2.67. The van der Waals surface area contributed by atoms with E-state index in [1.54, 1.807) is 11.3 Å². The summed E-state index contributed by atoms with van der Waals surface area (Å²) in [6.07, 6.45) is 3.34. The van der Waals surface area contributed by atoms with Gasteiger partial charge in [-0.3, -0.25) is 0 Å². The van der Waals surface area contributed by atoms with Gasteiger partial charge in [-0.15, -0.1) is 11.3 Å². The van der Waals surface area contributed by atoms with Crippen LogP contribution in [0.15, 0.2) is 0 Å². The van der Waals surface area contributed by atoms with E-state index in [-0.39, 0.29) is 6.61 Å². The Morgan fingerprint density at radius 2 is 2.29 bits per heavy atom. The summed E-state index contributed by atoms with van der Waals surface area (Å²) < 4.78 is 0. The molecule has 1 unspecified atom stereocenters. The molecule has 2 rings (SSSR count). The summed E-state index contributed by atoms with van der Waals surface area (Å²) in [4.78, 5) is 5.90. The van der Waals surface area contributed by atoms with Gasteiger partial charge < -0.3 is 10.4 Å². The summed E-state index contributed by atoms with van der Waals surface area (Å²) in [7, 11) is 0. The number of hydrogen-bond acceptors (Lipinski definition) is 4. The summed E-state index contributed by atoms with van der Waals surface area (Å²) in [5, 5.41) is 13.7. The van der Waals surface area contributed by atoms with Gasteiger partial charge in [0.1, 0.15) is 5.01 Å². The third kappa shape index (κ3) is 2.87. The van der Waals surface area contributed by atoms with Gasteiger partial charge in [0.25, 0.3) is 0 Å². The lowest BCUT2D eigenvalue weighted by Gasteiger charge is -2.34. The van der Waals surface area contributed by atoms with Gasteiger partial charge in [-0.2, -0.15) is 0 Å². The van der Waals surface area contributed by atoms with E-state index in [0.717, 1.165) is 30.8 Å². The van der Waals surface area contributed by atoms with Crippen LogP contribution < -0.4 is 5.32 Å². The number of nitrogens with one attached hydrogen (secondary N) is 1. The number of aliphatic hydroxyl groups is 1. The highest BCUT2D eigenvalue weighted by atomic mass is 32.1. The van der Waals surface area contributed by atoms with Crippen LogP contribution in [0, 0.1) is 5.41 Å². The minimum Gasteiger partial charge on any atom is -0.389 e. The minimum absolute atomic E-state index is 0.0680. The van der Waals surface area contributed by atoms with Gasteiger partial charge in [-0.25, -0.2) is 4.98 Å². The third-order valence-corrected chi connectivity index (χ3v) is 4.46. The van der Waals surface area contributed by atoms with E-state index in [1.807, 2.05) is 0 Å². The number of aliphatic hydroxyl groups excluding tert-OH is 1. The number of nitrogens with zero attached hydrogens (tertiary/aromatic N) is 1. The molecular formula is C13H22N2OS. The van der Waals surface area contributed by atoms with Crippen molar-refractivity contribution in [2.45, 2.75) is 52.7 Å². The first-order valence-electron chi connectivity index (χ1n) is 6.38. The number of thiazole rings is 1. The Labute approximate surface area is 107 Å². The molecule has 0 aromatic carbocycles. The lowest BCUT2D eigenvalue weighted by Crippen LogP contribution is -2.33. The van der Waals surface area contributed by atoms with Crippen molar-refractivity contribution in [3.05, 3.63) is 15.6 Å². The van der Waals surface area contributed by atoms with E-state index >= 15 is 0 Å². The summed E-state index contributed by atoms with van der Waals surface area (Å²) in [5.41, 5.74) is 1.50. The number of rotatable bonds is 4. The summed E-state index contributed by atoms with van der Waals surface area (Å²) in [6, 6.07) is 0.423. The van der Waals surface area contributed by atoms with Crippen LogP contribution in [0.3, 0.4) is 0 Å². The molecule has 1 heterocycles. The first kappa shape index (κ1) is 13.0. The minimum atomic E-state index is 0.0680. The fraction of sp³-hybridized carbons (Fsp3) is 0.769. The summed E-state index contributed by atoms with van der Waals surface area (Å²) in [5.74, 6) is 0. The Morgan fingerprint density at radius 3 is 2.94 bits per heavy atom. The molecule has 1 aliphatic carbocycles. The molecule has 0 aliphatic heterocycles. The van der Waals surface area contributed by atoms with Gasteiger partial charge >= 0.3 is 0 Å². The molecule has 2 N–H and O–H groups in total. The Bertz CT molecular complexity index is 387. The van der Waals surface area contributed by atoms with Crippen LogP contribution in [-0.4, -0.2) is 16.6 Å². The van der Waals surface area contributed by atoms with Crippen LogP contribution in [-0.2, 0) is 13.0 Å². The Balaban J connectivity index is 2.25. The average molecular weight is 254 g/mol. The standard InChI is InChI=1S/C13H22N2OS/c1-4-5-14-9-6-13(2,3)7-10-12(9)17-11(8-16)15-10/h9,14,16H,4-8H2,1-3H3. The van der Waals surface area contributed by atoms with Crippen molar-refractivity contribution in [1.82, 2.24) is 10.3 Å². The number of fused-ring (bicyclic) bond motifs is 1. The van der Waals surface area contributed by atoms with Crippen LogP contribution in [0.25, 0.3) is 0 Å². The van der Waals surface area contributed by atoms with Gasteiger partial charge in [0.05, 0.1) is 12.3 Å². The van der Waals surface area contributed by atoms with Gasteiger partial charge in [-0.1, -0.05) is 20.8 Å². The van der Waals surface area contributed by atoms with Crippen molar-refractivity contribution in [3.63, 3.8) is 0 Å². The van der Waals surface area contributed by atoms with Gasteiger partial charge in [0.2, 0.25) is 0 Å². The first-order valence-corrected chi connectivity index (χ1v) is 7.20. The fourth-order valence-corrected chi connectivity index (χ4v) is 3.55. The van der Waals surface area contributed by atoms with Crippen molar-refractivity contribution in [1.29, 1.82) is 0 Å². The summed E-state index contributed by atoms with van der Waals surface area (Å²) >= 11 is 1.67. The highest BCUT2D eigenvalue weighted by Crippen LogP contribution is 2.42. The molecule has 1 aromatic heterocycles. The second kappa shape index (κ2) is 5.04. The zero-order chi connectivity index (χ0) is 12.5. The van der Waals surface area contributed by atoms with E-state index in [4.69, 9.17) is 0 Å². The quantitative estimate of drug-likeness (QED) is 0.868. The molecule has 4 heteroatoms. The zero-order valence-corrected chi connectivity index (χ0v) is 11.7. The first-order chi connectivity index (χ1) is 8.05. The maximum Gasteiger partial charge on any atom is 0.119 e. The Kier molecular flexibility index (Phi) is 3.85. The molecule has 0 spiro atoms. The van der Waals surface area contributed by atoms with Crippen molar-refractivity contribution in [2.75, 3.05) is 6.54 Å². The van der Waals surface area contributed by atoms with E-state index in [2.05, 4.69) is 31.1 Å². The fourth-order valence-electron chi connectivity index (χ4n) is 2.53. The molecule has 0 fully saturated rings.